The number of oxazole rings is 2. The average molecular weight is 517 g/mol. The summed E-state index contributed by atoms with van der Waals surface area (Å²) in [5, 5.41) is 39.2. The van der Waals surface area contributed by atoms with Gasteiger partial charge in [-0.2, -0.15) is 21.0 Å². The van der Waals surface area contributed by atoms with Crippen LogP contribution in [0.15, 0.2) is 69.5 Å². The van der Waals surface area contributed by atoms with E-state index in [0.29, 0.717) is 44.1 Å². The summed E-state index contributed by atoms with van der Waals surface area (Å²) in [4.78, 5) is 9.14. The molecule has 2 heterocycles. The molecule has 0 bridgehead atoms. The summed E-state index contributed by atoms with van der Waals surface area (Å²) in [5.41, 5.74) is 6.24. The van der Waals surface area contributed by atoms with E-state index >= 15 is 0 Å². The molecule has 0 radical (unpaired) electrons. The minimum Gasteiger partial charge on any atom is -0.434 e. The fraction of sp³-hybridized carbons (Fsp3) is 0.0625. The Balaban J connectivity index is 1.87. The van der Waals surface area contributed by atoms with Crippen LogP contribution in [0.2, 0.25) is 0 Å². The molecule has 0 saturated carbocycles. The number of aryl methyl sites for hydroxylation is 2. The van der Waals surface area contributed by atoms with Gasteiger partial charge in [0.2, 0.25) is 11.1 Å². The zero-order valence-electron chi connectivity index (χ0n) is 21.3. The molecule has 0 fully saturated rings. The van der Waals surface area contributed by atoms with E-state index in [2.05, 4.69) is 9.97 Å². The maximum Gasteiger partial charge on any atom is 0.249 e. The Hall–Kier alpha value is -6.22. The normalized spacial score (nSPS) is 10.7. The third-order valence-corrected chi connectivity index (χ3v) is 6.72. The van der Waals surface area contributed by atoms with Crippen molar-refractivity contribution in [3.63, 3.8) is 0 Å². The van der Waals surface area contributed by atoms with Crippen molar-refractivity contribution in [2.75, 3.05) is 0 Å². The van der Waals surface area contributed by atoms with Crippen molar-refractivity contribution in [3.8, 4) is 46.5 Å². The monoisotopic (exact) mass is 516 g/mol. The van der Waals surface area contributed by atoms with Gasteiger partial charge in [0.25, 0.3) is 0 Å². The van der Waals surface area contributed by atoms with Gasteiger partial charge < -0.3 is 8.83 Å². The maximum atomic E-state index is 9.50. The molecule has 0 aliphatic heterocycles. The second-order valence-electron chi connectivity index (χ2n) is 9.27. The van der Waals surface area contributed by atoms with Crippen LogP contribution in [0.5, 0.6) is 0 Å². The number of hydrogen-bond acceptors (Lipinski definition) is 8. The lowest BCUT2D eigenvalue weighted by molar-refractivity contribution is 0.560. The summed E-state index contributed by atoms with van der Waals surface area (Å²) in [6.45, 7) is 3.97. The van der Waals surface area contributed by atoms with Crippen LogP contribution in [0.1, 0.15) is 11.1 Å². The molecular formula is C32H16N6O2. The predicted molar refractivity (Wildman–Crippen MR) is 148 cm³/mol. The van der Waals surface area contributed by atoms with Crippen molar-refractivity contribution < 1.29 is 8.83 Å². The molecule has 0 unspecified atom stereocenters. The van der Waals surface area contributed by atoms with Gasteiger partial charge in [-0.05, 0) is 37.1 Å². The lowest BCUT2D eigenvalue weighted by Crippen LogP contribution is -2.03. The summed E-state index contributed by atoms with van der Waals surface area (Å²) in [6.07, 6.45) is 0. The van der Waals surface area contributed by atoms with Crippen LogP contribution in [0, 0.1) is 59.2 Å². The van der Waals surface area contributed by atoms with Gasteiger partial charge in [-0.25, -0.2) is 9.97 Å². The minimum absolute atomic E-state index is 0.0827. The molecule has 4 aromatic carbocycles. The van der Waals surface area contributed by atoms with Crippen LogP contribution < -0.4 is 11.1 Å². The van der Waals surface area contributed by atoms with Gasteiger partial charge in [0, 0.05) is 21.9 Å². The van der Waals surface area contributed by atoms with Crippen LogP contribution in [-0.4, -0.2) is 9.97 Å². The molecule has 186 valence electrons. The van der Waals surface area contributed by atoms with Gasteiger partial charge in [0.05, 0.1) is 0 Å². The lowest BCUT2D eigenvalue weighted by atomic mass is 9.94. The Morgan fingerprint density at radius 2 is 0.925 bits per heavy atom. The number of benzene rings is 4. The summed E-state index contributed by atoms with van der Waals surface area (Å²) < 4.78 is 12.2. The zero-order chi connectivity index (χ0) is 28.0. The Morgan fingerprint density at radius 1 is 0.575 bits per heavy atom. The molecule has 0 atom stereocenters. The van der Waals surface area contributed by atoms with Crippen molar-refractivity contribution in [1.82, 2.24) is 9.97 Å². The van der Waals surface area contributed by atoms with E-state index in [1.165, 1.54) is 0 Å². The smallest absolute Gasteiger partial charge is 0.249 e. The van der Waals surface area contributed by atoms with Crippen LogP contribution in [-0.2, 0) is 0 Å². The molecule has 0 aliphatic carbocycles. The number of fused-ring (bicyclic) bond motifs is 5. The minimum atomic E-state index is -0.247. The molecule has 0 N–H and O–H groups in total. The first-order chi connectivity index (χ1) is 19.4. The van der Waals surface area contributed by atoms with Crippen LogP contribution in [0.4, 0.5) is 0 Å². The summed E-state index contributed by atoms with van der Waals surface area (Å²) in [6, 6.07) is 26.9. The molecule has 0 aliphatic rings. The van der Waals surface area contributed by atoms with Crippen molar-refractivity contribution in [2.24, 2.45) is 0 Å². The van der Waals surface area contributed by atoms with Gasteiger partial charge in [-0.1, -0.05) is 59.7 Å². The number of hydrogen-bond donors (Lipinski definition) is 0. The average Bonchev–Trinajstić information content (AvgIpc) is 3.61. The number of nitriles is 4. The predicted octanol–water partition coefficient (Wildman–Crippen LogP) is 5.47. The van der Waals surface area contributed by atoms with Gasteiger partial charge in [-0.3, -0.25) is 0 Å². The van der Waals surface area contributed by atoms with Gasteiger partial charge in [0.1, 0.15) is 35.3 Å². The second kappa shape index (κ2) is 9.26. The van der Waals surface area contributed by atoms with Gasteiger partial charge in [-0.15, -0.1) is 0 Å². The molecule has 6 rings (SSSR count). The molecule has 0 amide bonds. The fourth-order valence-electron chi connectivity index (χ4n) is 4.69. The van der Waals surface area contributed by atoms with E-state index in [-0.39, 0.29) is 22.2 Å². The highest BCUT2D eigenvalue weighted by Gasteiger charge is 2.22. The van der Waals surface area contributed by atoms with Crippen molar-refractivity contribution >= 4 is 44.1 Å². The molecule has 0 spiro atoms. The van der Waals surface area contributed by atoms with Crippen molar-refractivity contribution in [2.45, 2.75) is 13.8 Å². The van der Waals surface area contributed by atoms with E-state index < -0.39 is 0 Å². The second-order valence-corrected chi connectivity index (χ2v) is 9.27. The molecule has 40 heavy (non-hydrogen) atoms. The van der Waals surface area contributed by atoms with E-state index in [1.807, 2.05) is 98.8 Å². The van der Waals surface area contributed by atoms with E-state index in [4.69, 9.17) is 8.83 Å². The zero-order valence-corrected chi connectivity index (χ0v) is 21.3. The SMILES string of the molecule is Cc1ccc(-c2cc3c(cc(-c4ccc(C)cc4)c4nc(=C(C#N)C#N)oc43)c3oc(=C(C#N)C#N)nc23)cc1. The molecule has 6 aromatic rings. The van der Waals surface area contributed by atoms with Gasteiger partial charge in [0.15, 0.2) is 22.3 Å². The first kappa shape index (κ1) is 24.1. The molecule has 8 nitrogen and oxygen atoms in total. The third kappa shape index (κ3) is 3.74. The van der Waals surface area contributed by atoms with Crippen molar-refractivity contribution in [3.05, 3.63) is 82.9 Å². The van der Waals surface area contributed by atoms with Gasteiger partial charge >= 0.3 is 0 Å². The molecule has 0 saturated heterocycles. The van der Waals surface area contributed by atoms with Crippen molar-refractivity contribution in [1.29, 1.82) is 21.0 Å². The Kier molecular flexibility index (Phi) is 5.59. The maximum absolute atomic E-state index is 9.50. The van der Waals surface area contributed by atoms with E-state index in [0.717, 1.165) is 22.3 Å². The number of nitrogens with zero attached hydrogens (tertiary/aromatic N) is 6. The molecular weight excluding hydrogens is 500 g/mol. The highest BCUT2D eigenvalue weighted by molar-refractivity contribution is 6.19. The largest absolute Gasteiger partial charge is 0.434 e. The topological polar surface area (TPSA) is 147 Å². The van der Waals surface area contributed by atoms with E-state index in [1.54, 1.807) is 0 Å². The van der Waals surface area contributed by atoms with E-state index in [9.17, 15) is 21.0 Å². The molecule has 2 aromatic heterocycles. The summed E-state index contributed by atoms with van der Waals surface area (Å²) in [7, 11) is 0. The Morgan fingerprint density at radius 3 is 1.25 bits per heavy atom. The fourth-order valence-corrected chi connectivity index (χ4v) is 4.69. The number of aromatic nitrogens is 2. The first-order valence-corrected chi connectivity index (χ1v) is 12.2. The standard InChI is InChI=1S/C32H16N6O2/c1-17-3-7-19(8-4-17)23-11-25-26(29-27(23)37-31(39-29)21(13-33)14-34)12-24(20-9-5-18(2)6-10-20)28-30(25)40-32(38-28)22(15-35)16-36/h3-12H,1-2H3. The Labute approximate surface area is 227 Å². The molecule has 8 heteroatoms. The first-order valence-electron chi connectivity index (χ1n) is 12.2. The summed E-state index contributed by atoms with van der Waals surface area (Å²) >= 11 is 0. The third-order valence-electron chi connectivity index (χ3n) is 6.72. The highest BCUT2D eigenvalue weighted by atomic mass is 16.3. The quantitative estimate of drug-likeness (QED) is 0.294. The Bertz CT molecular complexity index is 2110. The highest BCUT2D eigenvalue weighted by Crippen LogP contribution is 2.40. The van der Waals surface area contributed by atoms with Crippen LogP contribution in [0.25, 0.3) is 66.4 Å². The van der Waals surface area contributed by atoms with Crippen LogP contribution in [0.3, 0.4) is 0 Å². The number of rotatable bonds is 2. The lowest BCUT2D eigenvalue weighted by Gasteiger charge is -2.10. The van der Waals surface area contributed by atoms with Crippen LogP contribution >= 0.6 is 0 Å². The summed E-state index contributed by atoms with van der Waals surface area (Å²) in [5.74, 6) is 0.